The molecule has 3 aromatic rings. The van der Waals surface area contributed by atoms with Gasteiger partial charge in [-0.25, -0.2) is 0 Å². The monoisotopic (exact) mass is 936 g/mol. The Hall–Kier alpha value is -4.59. The Morgan fingerprint density at radius 2 is 1.64 bits per heavy atom. The van der Waals surface area contributed by atoms with Gasteiger partial charge in [0.15, 0.2) is 5.71 Å². The molecule has 0 aromatic heterocycles. The van der Waals surface area contributed by atoms with Crippen LogP contribution in [0, 0.1) is 0 Å². The van der Waals surface area contributed by atoms with Gasteiger partial charge < -0.3 is 19.6 Å². The van der Waals surface area contributed by atoms with Crippen molar-refractivity contribution >= 4 is 55.8 Å². The van der Waals surface area contributed by atoms with Crippen molar-refractivity contribution in [3.8, 4) is 5.75 Å². The molecule has 2 heterocycles. The number of unbranched alkanes of at least 4 members (excludes halogenated alkanes) is 2. The van der Waals surface area contributed by atoms with Crippen LogP contribution in [-0.2, 0) is 56.4 Å². The zero-order chi connectivity index (χ0) is 46.1. The van der Waals surface area contributed by atoms with Crippen molar-refractivity contribution in [3.63, 3.8) is 0 Å². The number of allylic oxidation sites excluding steroid dienone is 7. The maximum Gasteiger partial charge on any atom is 0.294 e. The van der Waals surface area contributed by atoms with E-state index in [4.69, 9.17) is 9.47 Å². The van der Waals surface area contributed by atoms with Crippen molar-refractivity contribution in [1.82, 2.24) is 0 Å². The second-order valence-corrected chi connectivity index (χ2v) is 20.8. The Bertz CT molecular complexity index is 2560. The molecule has 17 heteroatoms. The summed E-state index contributed by atoms with van der Waals surface area (Å²) in [5, 5.41) is 13.8. The van der Waals surface area contributed by atoms with Gasteiger partial charge in [-0.2, -0.15) is 25.7 Å². The molecule has 2 N–H and O–H groups in total. The fourth-order valence-electron chi connectivity index (χ4n) is 8.75. The van der Waals surface area contributed by atoms with E-state index >= 15 is 0 Å². The van der Waals surface area contributed by atoms with E-state index in [0.29, 0.717) is 55.1 Å². The van der Waals surface area contributed by atoms with Crippen LogP contribution in [0.25, 0.3) is 0 Å². The Balaban J connectivity index is 1.42. The summed E-state index contributed by atoms with van der Waals surface area (Å²) < 4.78 is 85.5. The zero-order valence-corrected chi connectivity index (χ0v) is 39.0. The van der Waals surface area contributed by atoms with Crippen molar-refractivity contribution in [3.05, 3.63) is 130 Å². The highest BCUT2D eigenvalue weighted by Crippen LogP contribution is 2.49. The molecular formula is C47H56N2O12S3. The van der Waals surface area contributed by atoms with Crippen LogP contribution in [0.15, 0.2) is 119 Å². The predicted octanol–water partition coefficient (Wildman–Crippen LogP) is 8.03. The van der Waals surface area contributed by atoms with E-state index in [2.05, 4.69) is 58.1 Å². The summed E-state index contributed by atoms with van der Waals surface area (Å²) in [4.78, 5) is 12.5. The van der Waals surface area contributed by atoms with Crippen LogP contribution in [0.1, 0.15) is 89.3 Å². The van der Waals surface area contributed by atoms with Crippen molar-refractivity contribution in [2.45, 2.75) is 94.8 Å². The van der Waals surface area contributed by atoms with E-state index < -0.39 is 25.7 Å². The molecule has 0 unspecified atom stereocenters. The SMILES string of the molecule is CC1(C)C(/C=C/C2=C(Oc3ccc(CCOC=O)cc3)C(=C/C=C3/N(CCCCS(=O)(=O)O)c4ccc(S(=O)(=O)O)cc4C3(C)C)/CCC2)=[N+](CCCCSOO[O-])c2ccccc21. The molecule has 0 amide bonds. The van der Waals surface area contributed by atoms with E-state index in [-0.39, 0.29) is 29.1 Å². The molecule has 344 valence electrons. The number of carbonyl (C=O) groups excluding carboxylic acids is 1. The molecule has 0 atom stereocenters. The lowest BCUT2D eigenvalue weighted by molar-refractivity contribution is -0.777. The summed E-state index contributed by atoms with van der Waals surface area (Å²) in [5.74, 6) is 1.56. The number of ether oxygens (including phenoxy) is 2. The molecule has 0 saturated heterocycles. The van der Waals surface area contributed by atoms with Crippen LogP contribution >= 0.6 is 12.0 Å². The zero-order valence-electron chi connectivity index (χ0n) is 36.5. The fourth-order valence-corrected chi connectivity index (χ4v) is 10.3. The number of benzene rings is 3. The van der Waals surface area contributed by atoms with Crippen molar-refractivity contribution in [2.75, 3.05) is 36.1 Å². The Morgan fingerprint density at radius 1 is 0.875 bits per heavy atom. The molecule has 0 bridgehead atoms. The highest BCUT2D eigenvalue weighted by molar-refractivity contribution is 7.94. The molecule has 0 fully saturated rings. The maximum atomic E-state index is 12.3. The molecule has 1 aliphatic carbocycles. The number of para-hydroxylation sites is 1. The van der Waals surface area contributed by atoms with Crippen LogP contribution < -0.4 is 14.9 Å². The third-order valence-electron chi connectivity index (χ3n) is 12.0. The van der Waals surface area contributed by atoms with Gasteiger partial charge in [0.1, 0.15) is 18.1 Å². The lowest BCUT2D eigenvalue weighted by atomic mass is 9.81. The van der Waals surface area contributed by atoms with Crippen molar-refractivity contribution in [1.29, 1.82) is 0 Å². The quantitative estimate of drug-likeness (QED) is 0.0187. The van der Waals surface area contributed by atoms with E-state index in [1.165, 1.54) is 17.7 Å². The first-order valence-corrected chi connectivity index (χ1v) is 25.2. The second-order valence-electron chi connectivity index (χ2n) is 17.0. The van der Waals surface area contributed by atoms with Crippen molar-refractivity contribution < 1.29 is 59.4 Å². The van der Waals surface area contributed by atoms with E-state index in [0.717, 1.165) is 83.8 Å². The Labute approximate surface area is 380 Å². The number of hydrogen-bond donors (Lipinski definition) is 2. The third kappa shape index (κ3) is 11.8. The first kappa shape index (κ1) is 48.9. The predicted molar refractivity (Wildman–Crippen MR) is 244 cm³/mol. The average molecular weight is 937 g/mol. The molecule has 2 aliphatic heterocycles. The number of nitrogens with zero attached hydrogens (tertiary/aromatic N) is 2. The summed E-state index contributed by atoms with van der Waals surface area (Å²) in [6.45, 7) is 10.2. The van der Waals surface area contributed by atoms with Gasteiger partial charge in [-0.05, 0) is 117 Å². The minimum atomic E-state index is -4.49. The van der Waals surface area contributed by atoms with E-state index in [9.17, 15) is 36.0 Å². The molecule has 3 aliphatic rings. The minimum absolute atomic E-state index is 0.214. The second kappa shape index (κ2) is 21.1. The van der Waals surface area contributed by atoms with E-state index in [1.807, 2.05) is 61.2 Å². The van der Waals surface area contributed by atoms with Gasteiger partial charge in [-0.15, -0.1) is 0 Å². The van der Waals surface area contributed by atoms with Crippen LogP contribution in [0.3, 0.4) is 0 Å². The van der Waals surface area contributed by atoms with Gasteiger partial charge in [0, 0.05) is 71.7 Å². The number of rotatable bonds is 22. The number of anilines is 1. The molecule has 64 heavy (non-hydrogen) atoms. The number of hydrogen-bond acceptors (Lipinski definition) is 12. The summed E-state index contributed by atoms with van der Waals surface area (Å²) in [6, 6.07) is 20.6. The standard InChI is InChI=1S/C47H56N2O12S3/c1-46(2)39-14-5-6-15-41(39)48(27-7-9-30-62-61-60-51)43(46)24-18-35-12-11-13-36(45(35)59-37-20-16-34(17-21-37)26-29-58-33-50)19-25-44-47(3,4)40-32-38(64(55,56)57)22-23-42(40)49(44)28-8-10-31-63(52,53)54/h5-6,14-25,32-33H,7-13,26-31H2,1-4H3,(H2-,51,52,53,54,55,56,57). The summed E-state index contributed by atoms with van der Waals surface area (Å²) in [7, 11) is -8.65. The summed E-state index contributed by atoms with van der Waals surface area (Å²) in [5.41, 5.74) is 7.62. The van der Waals surface area contributed by atoms with Crippen LogP contribution in [-0.4, -0.2) is 73.9 Å². The van der Waals surface area contributed by atoms with Gasteiger partial charge in [0.25, 0.3) is 26.7 Å². The van der Waals surface area contributed by atoms with Crippen LogP contribution in [0.2, 0.25) is 0 Å². The average Bonchev–Trinajstić information content (AvgIpc) is 3.60. The molecule has 0 radical (unpaired) electrons. The number of carbonyl (C=O) groups is 1. The first-order chi connectivity index (χ1) is 30.5. The highest BCUT2D eigenvalue weighted by atomic mass is 32.2. The molecule has 3 aromatic carbocycles. The highest BCUT2D eigenvalue weighted by Gasteiger charge is 2.44. The third-order valence-corrected chi connectivity index (χ3v) is 14.3. The molecular weight excluding hydrogens is 881 g/mol. The lowest BCUT2D eigenvalue weighted by Crippen LogP contribution is -2.28. The Morgan fingerprint density at radius 3 is 2.36 bits per heavy atom. The Kier molecular flexibility index (Phi) is 16.1. The van der Waals surface area contributed by atoms with Crippen LogP contribution in [0.5, 0.6) is 5.75 Å². The largest absolute Gasteiger partial charge is 0.691 e. The normalized spacial score (nSPS) is 18.3. The van der Waals surface area contributed by atoms with Gasteiger partial charge >= 0.3 is 0 Å². The molecule has 14 nitrogen and oxygen atoms in total. The maximum absolute atomic E-state index is 12.3. The summed E-state index contributed by atoms with van der Waals surface area (Å²) >= 11 is 0.988. The fraction of sp³-hybridized carbons (Fsp3) is 0.404. The topological polar surface area (TPSA) is 192 Å². The van der Waals surface area contributed by atoms with Gasteiger partial charge in [0.2, 0.25) is 5.69 Å². The smallest absolute Gasteiger partial charge is 0.294 e. The van der Waals surface area contributed by atoms with Gasteiger partial charge in [0.05, 0.1) is 22.7 Å². The van der Waals surface area contributed by atoms with Crippen LogP contribution in [0.4, 0.5) is 11.4 Å². The first-order valence-electron chi connectivity index (χ1n) is 21.3. The lowest BCUT2D eigenvalue weighted by Gasteiger charge is -2.27. The molecule has 0 saturated carbocycles. The molecule has 6 rings (SSSR count). The van der Waals surface area contributed by atoms with Crippen molar-refractivity contribution in [2.24, 2.45) is 0 Å². The van der Waals surface area contributed by atoms with E-state index in [1.54, 1.807) is 6.07 Å². The summed E-state index contributed by atoms with van der Waals surface area (Å²) in [6.07, 6.45) is 13.5. The molecule has 0 spiro atoms. The van der Waals surface area contributed by atoms with Gasteiger partial charge in [-0.1, -0.05) is 50.3 Å². The number of fused-ring (bicyclic) bond motifs is 2. The van der Waals surface area contributed by atoms with Gasteiger partial charge in [-0.3, -0.25) is 18.9 Å². The minimum Gasteiger partial charge on any atom is -0.691 e.